The zero-order valence-corrected chi connectivity index (χ0v) is 17.9. The molecule has 5 rings (SSSR count). The van der Waals surface area contributed by atoms with Gasteiger partial charge >= 0.3 is 0 Å². The van der Waals surface area contributed by atoms with Gasteiger partial charge in [-0.2, -0.15) is 4.31 Å². The van der Waals surface area contributed by atoms with Crippen molar-refractivity contribution in [2.45, 2.75) is 38.0 Å². The number of anilines is 1. The maximum absolute atomic E-state index is 13.4. The lowest BCUT2D eigenvalue weighted by Gasteiger charge is -2.19. The molecule has 1 saturated heterocycles. The first-order chi connectivity index (χ1) is 14.4. The number of nitrogens with zero attached hydrogens (tertiary/aromatic N) is 4. The van der Waals surface area contributed by atoms with Crippen LogP contribution in [0.1, 0.15) is 40.2 Å². The van der Waals surface area contributed by atoms with E-state index in [9.17, 15) is 13.2 Å². The van der Waals surface area contributed by atoms with Gasteiger partial charge in [0.2, 0.25) is 10.0 Å². The smallest absolute Gasteiger partial charge is 0.277 e. The molecule has 1 amide bonds. The van der Waals surface area contributed by atoms with Gasteiger partial charge in [0.25, 0.3) is 5.91 Å². The number of pyridine rings is 1. The topological polar surface area (TPSA) is 75.0 Å². The lowest BCUT2D eigenvalue weighted by molar-refractivity contribution is 0.0983. The molecule has 0 atom stereocenters. The average Bonchev–Trinajstić information content (AvgIpc) is 3.45. The van der Waals surface area contributed by atoms with Crippen LogP contribution in [0.3, 0.4) is 0 Å². The van der Waals surface area contributed by atoms with Crippen molar-refractivity contribution in [2.24, 2.45) is 0 Å². The summed E-state index contributed by atoms with van der Waals surface area (Å²) in [5, 5.41) is 0. The molecule has 2 aromatic heterocycles. The Morgan fingerprint density at radius 1 is 1.03 bits per heavy atom. The number of carbonyl (C=O) groups is 1. The van der Waals surface area contributed by atoms with Crippen molar-refractivity contribution in [3.8, 4) is 0 Å². The average molecular weight is 425 g/mol. The second-order valence-corrected chi connectivity index (χ2v) is 10.0. The third kappa shape index (κ3) is 2.94. The van der Waals surface area contributed by atoms with Gasteiger partial charge in [-0.3, -0.25) is 9.20 Å². The minimum atomic E-state index is -3.47. The Morgan fingerprint density at radius 2 is 1.80 bits per heavy atom. The maximum Gasteiger partial charge on any atom is 0.277 e. The summed E-state index contributed by atoms with van der Waals surface area (Å²) in [6.45, 7) is 5.52. The monoisotopic (exact) mass is 424 g/mol. The molecule has 156 valence electrons. The van der Waals surface area contributed by atoms with Crippen LogP contribution >= 0.6 is 0 Å². The van der Waals surface area contributed by atoms with Crippen molar-refractivity contribution < 1.29 is 13.2 Å². The summed E-state index contributed by atoms with van der Waals surface area (Å²) in [6, 6.07) is 9.02. The van der Waals surface area contributed by atoms with E-state index < -0.39 is 10.0 Å². The van der Waals surface area contributed by atoms with Gasteiger partial charge in [0.1, 0.15) is 11.3 Å². The molecule has 1 aromatic carbocycles. The number of imidazole rings is 1. The van der Waals surface area contributed by atoms with E-state index in [-0.39, 0.29) is 5.91 Å². The minimum absolute atomic E-state index is 0.112. The van der Waals surface area contributed by atoms with Gasteiger partial charge in [0, 0.05) is 31.5 Å². The molecule has 0 radical (unpaired) electrons. The van der Waals surface area contributed by atoms with E-state index >= 15 is 0 Å². The molecule has 2 aliphatic rings. The summed E-state index contributed by atoms with van der Waals surface area (Å²) in [5.41, 5.74) is 4.71. The quantitative estimate of drug-likeness (QED) is 0.648. The van der Waals surface area contributed by atoms with E-state index in [0.717, 1.165) is 35.3 Å². The van der Waals surface area contributed by atoms with Gasteiger partial charge in [-0.25, -0.2) is 13.4 Å². The second kappa shape index (κ2) is 6.92. The molecule has 4 heterocycles. The van der Waals surface area contributed by atoms with Crippen LogP contribution in [0, 0.1) is 13.8 Å². The first kappa shape index (κ1) is 19.3. The summed E-state index contributed by atoms with van der Waals surface area (Å²) < 4.78 is 29.2. The highest BCUT2D eigenvalue weighted by Crippen LogP contribution is 2.33. The van der Waals surface area contributed by atoms with Crippen LogP contribution in [0.2, 0.25) is 0 Å². The summed E-state index contributed by atoms with van der Waals surface area (Å²) in [5.74, 6) is -0.112. The molecular formula is C22H24N4O3S. The highest BCUT2D eigenvalue weighted by atomic mass is 32.2. The summed E-state index contributed by atoms with van der Waals surface area (Å²) in [6.07, 6.45) is 4.37. The van der Waals surface area contributed by atoms with Gasteiger partial charge < -0.3 is 4.90 Å². The summed E-state index contributed by atoms with van der Waals surface area (Å²) >= 11 is 0. The first-order valence-electron chi connectivity index (χ1n) is 10.3. The molecule has 0 unspecified atom stereocenters. The largest absolute Gasteiger partial charge is 0.306 e. The highest BCUT2D eigenvalue weighted by Gasteiger charge is 2.32. The number of aromatic nitrogens is 2. The van der Waals surface area contributed by atoms with E-state index in [0.29, 0.717) is 42.3 Å². The number of fused-ring (bicyclic) bond motifs is 2. The van der Waals surface area contributed by atoms with E-state index in [4.69, 9.17) is 0 Å². The Labute approximate surface area is 176 Å². The number of aryl methyl sites for hydroxylation is 2. The molecular weight excluding hydrogens is 400 g/mol. The Bertz CT molecular complexity index is 1270. The fourth-order valence-electron chi connectivity index (χ4n) is 4.48. The minimum Gasteiger partial charge on any atom is -0.306 e. The van der Waals surface area contributed by atoms with Crippen LogP contribution in [0.4, 0.5) is 5.69 Å². The Kier molecular flexibility index (Phi) is 4.44. The van der Waals surface area contributed by atoms with Gasteiger partial charge in [0.05, 0.1) is 10.6 Å². The van der Waals surface area contributed by atoms with Crippen LogP contribution in [0.25, 0.3) is 5.65 Å². The molecule has 0 saturated carbocycles. The maximum atomic E-state index is 13.4. The first-order valence-corrected chi connectivity index (χ1v) is 11.7. The van der Waals surface area contributed by atoms with Gasteiger partial charge in [-0.1, -0.05) is 6.07 Å². The van der Waals surface area contributed by atoms with Crippen molar-refractivity contribution in [1.29, 1.82) is 0 Å². The van der Waals surface area contributed by atoms with Gasteiger partial charge in [-0.05, 0) is 68.5 Å². The number of amides is 1. The standard InChI is InChI=1S/C22H24N4O3S/c1-15-5-8-20-23-16(2)21(26(20)14-15)22(27)25-12-9-17-13-18(6-7-19(17)25)30(28,29)24-10-3-4-11-24/h5-8,13-14H,3-4,9-12H2,1-2H3. The SMILES string of the molecule is Cc1ccc2nc(C)c(C(=O)N3CCc4cc(S(=O)(=O)N5CCCC5)ccc43)n2c1. The van der Waals surface area contributed by atoms with E-state index in [1.807, 2.05) is 36.6 Å². The van der Waals surface area contributed by atoms with Crippen LogP contribution in [0.5, 0.6) is 0 Å². The zero-order valence-electron chi connectivity index (χ0n) is 17.1. The molecule has 7 nitrogen and oxygen atoms in total. The molecule has 0 N–H and O–H groups in total. The molecule has 0 bridgehead atoms. The van der Waals surface area contributed by atoms with E-state index in [1.54, 1.807) is 27.4 Å². The van der Waals surface area contributed by atoms with Crippen molar-refractivity contribution in [1.82, 2.24) is 13.7 Å². The normalized spacial score (nSPS) is 17.1. The van der Waals surface area contributed by atoms with Crippen LogP contribution in [0.15, 0.2) is 41.4 Å². The molecule has 8 heteroatoms. The summed E-state index contributed by atoms with van der Waals surface area (Å²) in [7, 11) is -3.47. The third-order valence-electron chi connectivity index (χ3n) is 6.04. The Hall–Kier alpha value is -2.71. The van der Waals surface area contributed by atoms with Crippen molar-refractivity contribution >= 4 is 27.3 Å². The van der Waals surface area contributed by atoms with Gasteiger partial charge in [-0.15, -0.1) is 0 Å². The number of carbonyl (C=O) groups excluding carboxylic acids is 1. The predicted molar refractivity (Wildman–Crippen MR) is 114 cm³/mol. The second-order valence-electron chi connectivity index (χ2n) is 8.09. The number of hydrogen-bond donors (Lipinski definition) is 0. The van der Waals surface area contributed by atoms with E-state index in [2.05, 4.69) is 4.98 Å². The lowest BCUT2D eigenvalue weighted by atomic mass is 10.2. The van der Waals surface area contributed by atoms with E-state index in [1.165, 1.54) is 0 Å². The van der Waals surface area contributed by atoms with Gasteiger partial charge in [0.15, 0.2) is 0 Å². The van der Waals surface area contributed by atoms with Crippen molar-refractivity contribution in [2.75, 3.05) is 24.5 Å². The van der Waals surface area contributed by atoms with Crippen molar-refractivity contribution in [3.05, 3.63) is 59.0 Å². The third-order valence-corrected chi connectivity index (χ3v) is 7.93. The molecule has 0 spiro atoms. The predicted octanol–water partition coefficient (Wildman–Crippen LogP) is 2.94. The molecule has 1 fully saturated rings. The number of benzene rings is 1. The van der Waals surface area contributed by atoms with Crippen LogP contribution in [-0.2, 0) is 16.4 Å². The number of rotatable bonds is 3. The number of hydrogen-bond acceptors (Lipinski definition) is 4. The van der Waals surface area contributed by atoms with Crippen LogP contribution in [-0.4, -0.2) is 47.6 Å². The molecule has 0 aliphatic carbocycles. The highest BCUT2D eigenvalue weighted by molar-refractivity contribution is 7.89. The Morgan fingerprint density at radius 3 is 2.57 bits per heavy atom. The Balaban J connectivity index is 1.51. The molecule has 30 heavy (non-hydrogen) atoms. The molecule has 2 aliphatic heterocycles. The zero-order chi connectivity index (χ0) is 21.0. The summed E-state index contributed by atoms with van der Waals surface area (Å²) in [4.78, 5) is 20.0. The molecule has 3 aromatic rings. The fourth-order valence-corrected chi connectivity index (χ4v) is 6.05. The fraction of sp³-hybridized carbons (Fsp3) is 0.364. The van der Waals surface area contributed by atoms with Crippen molar-refractivity contribution in [3.63, 3.8) is 0 Å². The number of sulfonamides is 1. The lowest BCUT2D eigenvalue weighted by Crippen LogP contribution is -2.30. The van der Waals surface area contributed by atoms with Crippen LogP contribution < -0.4 is 4.90 Å².